The summed E-state index contributed by atoms with van der Waals surface area (Å²) >= 11 is 0. The molecule has 10 heavy (non-hydrogen) atoms. The largest absolute Gasteiger partial charge is 0.330 e. The maximum absolute atomic E-state index is 5.75. The minimum absolute atomic E-state index is 0.531. The van der Waals surface area contributed by atoms with Gasteiger partial charge in [0.2, 0.25) is 0 Å². The molecule has 1 heteroatoms. The molecule has 2 fully saturated rings. The van der Waals surface area contributed by atoms with Crippen molar-refractivity contribution in [3.05, 3.63) is 0 Å². The van der Waals surface area contributed by atoms with Crippen molar-refractivity contribution in [3.63, 3.8) is 0 Å². The Bertz CT molecular complexity index is 144. The second-order valence-electron chi connectivity index (χ2n) is 4.35. The molecule has 2 aliphatic rings. The Morgan fingerprint density at radius 1 is 1.60 bits per heavy atom. The lowest BCUT2D eigenvalue weighted by molar-refractivity contribution is 0.203. The Labute approximate surface area is 63.0 Å². The van der Waals surface area contributed by atoms with E-state index in [0.717, 1.165) is 18.4 Å². The van der Waals surface area contributed by atoms with Gasteiger partial charge in [0.15, 0.2) is 0 Å². The third kappa shape index (κ3) is 0.800. The summed E-state index contributed by atoms with van der Waals surface area (Å²) in [4.78, 5) is 0. The number of fused-ring (bicyclic) bond motifs is 1. The minimum Gasteiger partial charge on any atom is -0.330 e. The normalized spacial score (nSPS) is 52.2. The summed E-state index contributed by atoms with van der Waals surface area (Å²) in [7, 11) is 0. The molecule has 3 unspecified atom stereocenters. The number of nitrogens with two attached hydrogens (primary N) is 1. The molecule has 0 aromatic heterocycles. The van der Waals surface area contributed by atoms with Crippen LogP contribution in [0.2, 0.25) is 0 Å². The smallest absolute Gasteiger partial charge is 0.00204 e. The van der Waals surface area contributed by atoms with Crippen LogP contribution in [0, 0.1) is 17.3 Å². The lowest BCUT2D eigenvalue weighted by Gasteiger charge is -2.32. The van der Waals surface area contributed by atoms with Crippen molar-refractivity contribution in [2.45, 2.75) is 32.6 Å². The number of hydrogen-bond acceptors (Lipinski definition) is 1. The molecule has 0 radical (unpaired) electrons. The van der Waals surface area contributed by atoms with E-state index in [4.69, 9.17) is 5.73 Å². The van der Waals surface area contributed by atoms with E-state index < -0.39 is 0 Å². The van der Waals surface area contributed by atoms with Crippen LogP contribution in [0.15, 0.2) is 0 Å². The van der Waals surface area contributed by atoms with E-state index in [0.29, 0.717) is 5.41 Å². The maximum Gasteiger partial charge on any atom is -0.00204 e. The fourth-order valence-corrected chi connectivity index (χ4v) is 2.63. The van der Waals surface area contributed by atoms with E-state index in [-0.39, 0.29) is 0 Å². The third-order valence-corrected chi connectivity index (χ3v) is 3.61. The fourth-order valence-electron chi connectivity index (χ4n) is 2.63. The van der Waals surface area contributed by atoms with Crippen molar-refractivity contribution in [1.82, 2.24) is 0 Å². The Hall–Kier alpha value is -0.0400. The zero-order valence-corrected chi connectivity index (χ0v) is 6.77. The Balaban J connectivity index is 2.07. The Morgan fingerprint density at radius 3 is 3.00 bits per heavy atom. The van der Waals surface area contributed by atoms with Crippen molar-refractivity contribution in [2.24, 2.45) is 23.0 Å². The molecule has 0 amide bonds. The first-order valence-corrected chi connectivity index (χ1v) is 4.46. The lowest BCUT2D eigenvalue weighted by Crippen LogP contribution is -2.32. The van der Waals surface area contributed by atoms with Gasteiger partial charge in [0, 0.05) is 0 Å². The summed E-state index contributed by atoms with van der Waals surface area (Å²) < 4.78 is 0. The first kappa shape index (κ1) is 6.66. The lowest BCUT2D eigenvalue weighted by atomic mass is 9.75. The molecule has 0 aliphatic heterocycles. The predicted molar refractivity (Wildman–Crippen MR) is 42.6 cm³/mol. The molecular formula is C9H17N. The molecule has 0 saturated heterocycles. The molecule has 58 valence electrons. The Morgan fingerprint density at radius 2 is 2.40 bits per heavy atom. The monoisotopic (exact) mass is 139 g/mol. The summed E-state index contributed by atoms with van der Waals surface area (Å²) in [5, 5.41) is 0. The van der Waals surface area contributed by atoms with Crippen molar-refractivity contribution in [1.29, 1.82) is 0 Å². The number of hydrogen-bond donors (Lipinski definition) is 1. The molecule has 2 saturated carbocycles. The maximum atomic E-state index is 5.75. The molecule has 0 heterocycles. The SMILES string of the molecule is CC1(CN)CCCC2CC21. The highest BCUT2D eigenvalue weighted by molar-refractivity contribution is 5.01. The molecular weight excluding hydrogens is 122 g/mol. The van der Waals surface area contributed by atoms with E-state index >= 15 is 0 Å². The average molecular weight is 139 g/mol. The predicted octanol–water partition coefficient (Wildman–Crippen LogP) is 1.77. The minimum atomic E-state index is 0.531. The Kier molecular flexibility index (Phi) is 1.31. The molecule has 1 nitrogen and oxygen atoms in total. The van der Waals surface area contributed by atoms with Gasteiger partial charge in [-0.25, -0.2) is 0 Å². The summed E-state index contributed by atoms with van der Waals surface area (Å²) in [6, 6.07) is 0. The van der Waals surface area contributed by atoms with E-state index in [2.05, 4.69) is 6.92 Å². The molecule has 3 atom stereocenters. The van der Waals surface area contributed by atoms with Gasteiger partial charge < -0.3 is 5.73 Å². The second-order valence-corrected chi connectivity index (χ2v) is 4.35. The standard InChI is InChI=1S/C9H17N/c1-9(6-10)4-2-3-7-5-8(7)9/h7-8H,2-6,10H2,1H3. The van der Waals surface area contributed by atoms with Crippen LogP contribution in [0.25, 0.3) is 0 Å². The third-order valence-electron chi connectivity index (χ3n) is 3.61. The van der Waals surface area contributed by atoms with Gasteiger partial charge in [-0.3, -0.25) is 0 Å². The van der Waals surface area contributed by atoms with Gasteiger partial charge in [-0.2, -0.15) is 0 Å². The highest BCUT2D eigenvalue weighted by atomic mass is 14.7. The summed E-state index contributed by atoms with van der Waals surface area (Å²) in [5.74, 6) is 2.08. The molecule has 0 spiro atoms. The summed E-state index contributed by atoms with van der Waals surface area (Å²) in [5.41, 5.74) is 6.29. The van der Waals surface area contributed by atoms with E-state index in [1.807, 2.05) is 0 Å². The van der Waals surface area contributed by atoms with Gasteiger partial charge in [-0.1, -0.05) is 19.8 Å². The zero-order valence-electron chi connectivity index (χ0n) is 6.77. The van der Waals surface area contributed by atoms with Crippen LogP contribution < -0.4 is 5.73 Å². The topological polar surface area (TPSA) is 26.0 Å². The van der Waals surface area contributed by atoms with Crippen LogP contribution in [0.3, 0.4) is 0 Å². The molecule has 0 aromatic carbocycles. The zero-order chi connectivity index (χ0) is 7.19. The van der Waals surface area contributed by atoms with Crippen LogP contribution in [0.1, 0.15) is 32.6 Å². The van der Waals surface area contributed by atoms with Crippen molar-refractivity contribution >= 4 is 0 Å². The van der Waals surface area contributed by atoms with Gasteiger partial charge in [-0.05, 0) is 36.6 Å². The van der Waals surface area contributed by atoms with Crippen LogP contribution in [0.5, 0.6) is 0 Å². The van der Waals surface area contributed by atoms with Crippen LogP contribution in [-0.4, -0.2) is 6.54 Å². The van der Waals surface area contributed by atoms with Gasteiger partial charge in [0.25, 0.3) is 0 Å². The van der Waals surface area contributed by atoms with Crippen molar-refractivity contribution in [3.8, 4) is 0 Å². The molecule has 2 rings (SSSR count). The van der Waals surface area contributed by atoms with Gasteiger partial charge in [0.05, 0.1) is 0 Å². The average Bonchev–Trinajstić information content (AvgIpc) is 2.68. The summed E-state index contributed by atoms with van der Waals surface area (Å²) in [6.07, 6.45) is 5.77. The van der Waals surface area contributed by atoms with Crippen molar-refractivity contribution in [2.75, 3.05) is 6.54 Å². The molecule has 2 aliphatic carbocycles. The first-order chi connectivity index (χ1) is 4.76. The van der Waals surface area contributed by atoms with E-state index in [9.17, 15) is 0 Å². The van der Waals surface area contributed by atoms with E-state index in [1.54, 1.807) is 0 Å². The first-order valence-electron chi connectivity index (χ1n) is 4.46. The molecule has 2 N–H and O–H groups in total. The van der Waals surface area contributed by atoms with Crippen LogP contribution in [-0.2, 0) is 0 Å². The van der Waals surface area contributed by atoms with Gasteiger partial charge >= 0.3 is 0 Å². The highest BCUT2D eigenvalue weighted by Gasteiger charge is 2.51. The quantitative estimate of drug-likeness (QED) is 0.588. The molecule has 0 aromatic rings. The second kappa shape index (κ2) is 1.97. The van der Waals surface area contributed by atoms with Crippen LogP contribution >= 0.6 is 0 Å². The van der Waals surface area contributed by atoms with Gasteiger partial charge in [-0.15, -0.1) is 0 Å². The van der Waals surface area contributed by atoms with E-state index in [1.165, 1.54) is 25.7 Å². The summed E-state index contributed by atoms with van der Waals surface area (Å²) in [6.45, 7) is 3.28. The molecule has 0 bridgehead atoms. The van der Waals surface area contributed by atoms with Gasteiger partial charge in [0.1, 0.15) is 0 Å². The highest BCUT2D eigenvalue weighted by Crippen LogP contribution is 2.58. The fraction of sp³-hybridized carbons (Fsp3) is 1.00. The van der Waals surface area contributed by atoms with Crippen LogP contribution in [0.4, 0.5) is 0 Å². The van der Waals surface area contributed by atoms with Crippen molar-refractivity contribution < 1.29 is 0 Å². The number of rotatable bonds is 1.